The minimum absolute atomic E-state index is 0.837. The highest BCUT2D eigenvalue weighted by atomic mass is 16.5. The molecule has 0 amide bonds. The molecular formula is C19H28NO2+. The summed E-state index contributed by atoms with van der Waals surface area (Å²) in [7, 11) is 3.49. The van der Waals surface area contributed by atoms with Crippen molar-refractivity contribution in [3.63, 3.8) is 0 Å². The molecule has 4 aliphatic rings. The monoisotopic (exact) mass is 302 g/mol. The van der Waals surface area contributed by atoms with Crippen molar-refractivity contribution in [2.24, 2.45) is 23.7 Å². The van der Waals surface area contributed by atoms with Gasteiger partial charge in [-0.2, -0.15) is 0 Å². The van der Waals surface area contributed by atoms with Gasteiger partial charge in [-0.25, -0.2) is 0 Å². The average Bonchev–Trinajstić information content (AvgIpc) is 2.53. The minimum Gasteiger partial charge on any atom is -0.497 e. The molecule has 3 nitrogen and oxygen atoms in total. The summed E-state index contributed by atoms with van der Waals surface area (Å²) in [5.41, 5.74) is 1.26. The van der Waals surface area contributed by atoms with E-state index in [9.17, 15) is 0 Å². The molecule has 1 aromatic rings. The van der Waals surface area contributed by atoms with E-state index in [1.165, 1.54) is 37.7 Å². The summed E-state index contributed by atoms with van der Waals surface area (Å²) in [4.78, 5) is 0. The first kappa shape index (κ1) is 14.4. The molecule has 4 aliphatic carbocycles. The maximum atomic E-state index is 5.53. The number of rotatable bonds is 5. The molecule has 4 saturated carbocycles. The lowest BCUT2D eigenvalue weighted by Crippen LogP contribution is -2.93. The zero-order chi connectivity index (χ0) is 15.1. The highest BCUT2D eigenvalue weighted by molar-refractivity contribution is 5.39. The molecule has 5 rings (SSSR count). The summed E-state index contributed by atoms with van der Waals surface area (Å²) >= 11 is 0. The third kappa shape index (κ3) is 2.50. The van der Waals surface area contributed by atoms with Gasteiger partial charge in [-0.15, -0.1) is 0 Å². The Morgan fingerprint density at radius 3 is 2.23 bits per heavy atom. The van der Waals surface area contributed by atoms with Gasteiger partial charge in [0.05, 0.1) is 25.8 Å². The Labute approximate surface area is 133 Å². The first-order chi connectivity index (χ1) is 10.8. The van der Waals surface area contributed by atoms with Crippen molar-refractivity contribution in [3.8, 4) is 11.5 Å². The summed E-state index contributed by atoms with van der Waals surface area (Å²) in [6.07, 6.45) is 7.49. The molecule has 0 radical (unpaired) electrons. The maximum absolute atomic E-state index is 5.53. The second-order valence-corrected chi connectivity index (χ2v) is 7.63. The largest absolute Gasteiger partial charge is 0.497 e. The number of hydrogen-bond donors (Lipinski definition) is 1. The number of hydrogen-bond acceptors (Lipinski definition) is 2. The first-order valence-corrected chi connectivity index (χ1v) is 8.81. The topological polar surface area (TPSA) is 35.1 Å². The molecule has 0 aliphatic heterocycles. The van der Waals surface area contributed by atoms with Crippen LogP contribution in [0.3, 0.4) is 0 Å². The molecule has 0 aromatic heterocycles. The lowest BCUT2D eigenvalue weighted by Gasteiger charge is -2.52. The predicted molar refractivity (Wildman–Crippen MR) is 86.0 cm³/mol. The third-order valence-corrected chi connectivity index (χ3v) is 6.40. The van der Waals surface area contributed by atoms with Crippen molar-refractivity contribution in [1.82, 2.24) is 0 Å². The molecule has 1 aromatic carbocycles. The molecule has 0 unspecified atom stereocenters. The first-order valence-electron chi connectivity index (χ1n) is 8.81. The van der Waals surface area contributed by atoms with E-state index in [1.54, 1.807) is 14.2 Å². The molecule has 4 bridgehead atoms. The lowest BCUT2D eigenvalue weighted by molar-refractivity contribution is -0.723. The van der Waals surface area contributed by atoms with E-state index in [0.717, 1.165) is 47.8 Å². The Bertz CT molecular complexity index is 514. The van der Waals surface area contributed by atoms with Crippen LogP contribution in [0.25, 0.3) is 0 Å². The summed E-state index contributed by atoms with van der Waals surface area (Å²) in [6.45, 7) is 1.01. The fourth-order valence-corrected chi connectivity index (χ4v) is 5.66. The number of ether oxygens (including phenoxy) is 2. The van der Waals surface area contributed by atoms with Crippen molar-refractivity contribution in [2.45, 2.75) is 44.7 Å². The fraction of sp³-hybridized carbons (Fsp3) is 0.684. The van der Waals surface area contributed by atoms with Gasteiger partial charge in [0.25, 0.3) is 0 Å². The zero-order valence-electron chi connectivity index (χ0n) is 13.8. The van der Waals surface area contributed by atoms with E-state index >= 15 is 0 Å². The molecule has 3 heteroatoms. The van der Waals surface area contributed by atoms with Gasteiger partial charge in [-0.1, -0.05) is 0 Å². The van der Waals surface area contributed by atoms with Crippen LogP contribution in [-0.4, -0.2) is 20.3 Å². The molecule has 2 N–H and O–H groups in total. The summed E-state index contributed by atoms with van der Waals surface area (Å²) in [5, 5.41) is 2.60. The predicted octanol–water partition coefficient (Wildman–Crippen LogP) is 2.59. The van der Waals surface area contributed by atoms with Gasteiger partial charge in [0.1, 0.15) is 18.0 Å². The van der Waals surface area contributed by atoms with E-state index in [4.69, 9.17) is 9.47 Å². The summed E-state index contributed by atoms with van der Waals surface area (Å²) in [5.74, 6) is 5.95. The average molecular weight is 302 g/mol. The van der Waals surface area contributed by atoms with Crippen LogP contribution in [0.5, 0.6) is 11.5 Å². The van der Waals surface area contributed by atoms with E-state index in [0.29, 0.717) is 0 Å². The second-order valence-electron chi connectivity index (χ2n) is 7.63. The van der Waals surface area contributed by atoms with Crippen LogP contribution >= 0.6 is 0 Å². The Morgan fingerprint density at radius 2 is 1.64 bits per heavy atom. The fourth-order valence-electron chi connectivity index (χ4n) is 5.66. The zero-order valence-corrected chi connectivity index (χ0v) is 13.8. The van der Waals surface area contributed by atoms with Crippen LogP contribution in [0.15, 0.2) is 18.2 Å². The Balaban J connectivity index is 1.46. The molecule has 0 atom stereocenters. The van der Waals surface area contributed by atoms with Gasteiger partial charge in [0.15, 0.2) is 0 Å². The smallest absolute Gasteiger partial charge is 0.127 e. The summed E-state index contributed by atoms with van der Waals surface area (Å²) < 4.78 is 10.9. The van der Waals surface area contributed by atoms with Crippen LogP contribution in [-0.2, 0) is 6.54 Å². The van der Waals surface area contributed by atoms with Crippen LogP contribution in [0.2, 0.25) is 0 Å². The number of methoxy groups -OCH3 is 2. The Kier molecular flexibility index (Phi) is 3.77. The van der Waals surface area contributed by atoms with Gasteiger partial charge in [-0.05, 0) is 62.1 Å². The normalized spacial score (nSPS) is 35.6. The molecule has 4 fully saturated rings. The second kappa shape index (κ2) is 5.77. The van der Waals surface area contributed by atoms with Gasteiger partial charge in [0.2, 0.25) is 0 Å². The van der Waals surface area contributed by atoms with Gasteiger partial charge < -0.3 is 14.8 Å². The van der Waals surface area contributed by atoms with Crippen LogP contribution in [0.1, 0.15) is 37.7 Å². The SMILES string of the molecule is COc1ccc(OC)c(C[NH2+]C2C3CC4CC(C3)CC2C4)c1. The third-order valence-electron chi connectivity index (χ3n) is 6.40. The quantitative estimate of drug-likeness (QED) is 0.907. The summed E-state index contributed by atoms with van der Waals surface area (Å²) in [6, 6.07) is 6.97. The van der Waals surface area contributed by atoms with Crippen LogP contribution in [0, 0.1) is 23.7 Å². The Morgan fingerprint density at radius 1 is 0.955 bits per heavy atom. The maximum Gasteiger partial charge on any atom is 0.127 e. The molecule has 0 saturated heterocycles. The van der Waals surface area contributed by atoms with Gasteiger partial charge in [-0.3, -0.25) is 0 Å². The van der Waals surface area contributed by atoms with E-state index in [2.05, 4.69) is 11.4 Å². The molecule has 0 spiro atoms. The lowest BCUT2D eigenvalue weighted by atomic mass is 9.54. The molecule has 0 heterocycles. The number of quaternary nitrogens is 1. The molecule has 120 valence electrons. The van der Waals surface area contributed by atoms with Crippen molar-refractivity contribution in [3.05, 3.63) is 23.8 Å². The van der Waals surface area contributed by atoms with E-state index in [-0.39, 0.29) is 0 Å². The van der Waals surface area contributed by atoms with Crippen molar-refractivity contribution in [2.75, 3.05) is 14.2 Å². The highest BCUT2D eigenvalue weighted by Gasteiger charge is 2.50. The van der Waals surface area contributed by atoms with Crippen molar-refractivity contribution >= 4 is 0 Å². The number of benzene rings is 1. The van der Waals surface area contributed by atoms with E-state index < -0.39 is 0 Å². The standard InChI is InChI=1S/C19H27NO2/c1-21-17-3-4-18(22-2)16(10-17)11-20-19-14-6-12-5-13(8-14)9-15(19)7-12/h3-4,10,12-15,19-20H,5-9,11H2,1-2H3/p+1. The highest BCUT2D eigenvalue weighted by Crippen LogP contribution is 2.52. The minimum atomic E-state index is 0.837. The van der Waals surface area contributed by atoms with Crippen molar-refractivity contribution < 1.29 is 14.8 Å². The number of nitrogens with two attached hydrogens (primary N) is 1. The van der Waals surface area contributed by atoms with Gasteiger partial charge in [0, 0.05) is 11.8 Å². The van der Waals surface area contributed by atoms with Crippen molar-refractivity contribution in [1.29, 1.82) is 0 Å². The molecule has 22 heavy (non-hydrogen) atoms. The van der Waals surface area contributed by atoms with Crippen LogP contribution < -0.4 is 14.8 Å². The Hall–Kier alpha value is -1.22. The van der Waals surface area contributed by atoms with Crippen LogP contribution in [0.4, 0.5) is 0 Å². The van der Waals surface area contributed by atoms with E-state index in [1.807, 2.05) is 12.1 Å². The molecular weight excluding hydrogens is 274 g/mol. The van der Waals surface area contributed by atoms with Gasteiger partial charge >= 0.3 is 0 Å².